The van der Waals surface area contributed by atoms with Crippen molar-refractivity contribution >= 4 is 12.4 Å². The van der Waals surface area contributed by atoms with E-state index in [9.17, 15) is 0 Å². The van der Waals surface area contributed by atoms with Crippen LogP contribution in [0.4, 0.5) is 0 Å². The minimum absolute atomic E-state index is 0. The van der Waals surface area contributed by atoms with E-state index in [1.165, 1.54) is 39.1 Å². The fraction of sp³-hybridized carbons (Fsp3) is 1.00. The molecule has 0 aromatic heterocycles. The van der Waals surface area contributed by atoms with Crippen LogP contribution in [0.1, 0.15) is 13.3 Å². The molecule has 0 bridgehead atoms. The minimum atomic E-state index is 0. The fourth-order valence-electron chi connectivity index (χ4n) is 1.25. The van der Waals surface area contributed by atoms with Gasteiger partial charge in [-0.15, -0.1) is 12.4 Å². The van der Waals surface area contributed by atoms with Gasteiger partial charge in [0, 0.05) is 26.2 Å². The lowest BCUT2D eigenvalue weighted by molar-refractivity contribution is 0.241. The van der Waals surface area contributed by atoms with Gasteiger partial charge in [-0.25, -0.2) is 0 Å². The first-order valence-corrected chi connectivity index (χ1v) is 3.86. The molecule has 1 saturated heterocycles. The van der Waals surface area contributed by atoms with E-state index in [4.69, 9.17) is 0 Å². The Bertz CT molecular complexity index is 71.3. The third-order valence-corrected chi connectivity index (χ3v) is 1.75. The van der Waals surface area contributed by atoms with Gasteiger partial charge in [0.1, 0.15) is 0 Å². The Kier molecular flexibility index (Phi) is 10.3. The molecule has 70 valence electrons. The van der Waals surface area contributed by atoms with Crippen LogP contribution in [0.15, 0.2) is 0 Å². The molecule has 0 aliphatic carbocycles. The van der Waals surface area contributed by atoms with Gasteiger partial charge in [-0.3, -0.25) is 0 Å². The van der Waals surface area contributed by atoms with Gasteiger partial charge in [0.25, 0.3) is 0 Å². The molecule has 0 aromatic rings. The Morgan fingerprint density at radius 1 is 1.27 bits per heavy atom. The van der Waals surface area contributed by atoms with E-state index >= 15 is 0 Å². The number of nitrogens with zero attached hydrogens (tertiary/aromatic N) is 1. The van der Waals surface area contributed by atoms with Gasteiger partial charge in [0.2, 0.25) is 0 Å². The normalized spacial score (nSPS) is 18.3. The molecule has 1 rings (SSSR count). The van der Waals surface area contributed by atoms with Crippen molar-refractivity contribution in [2.75, 3.05) is 32.7 Å². The zero-order chi connectivity index (χ0) is 6.53. The van der Waals surface area contributed by atoms with E-state index in [0.29, 0.717) is 0 Å². The van der Waals surface area contributed by atoms with Crippen LogP contribution < -0.4 is 11.5 Å². The second-order valence-corrected chi connectivity index (χ2v) is 2.59. The van der Waals surface area contributed by atoms with Gasteiger partial charge in [0.15, 0.2) is 0 Å². The predicted molar refractivity (Wildman–Crippen MR) is 51.9 cm³/mol. The van der Waals surface area contributed by atoms with Crippen LogP contribution in [0, 0.1) is 0 Å². The molecular weight excluding hydrogens is 162 g/mol. The Balaban J connectivity index is 0. The van der Waals surface area contributed by atoms with Crippen molar-refractivity contribution in [2.24, 2.45) is 0 Å². The van der Waals surface area contributed by atoms with Gasteiger partial charge in [-0.2, -0.15) is 0 Å². The summed E-state index contributed by atoms with van der Waals surface area (Å²) in [6, 6.07) is 0. The summed E-state index contributed by atoms with van der Waals surface area (Å²) in [6.07, 6.45) is 1.29. The van der Waals surface area contributed by atoms with Crippen molar-refractivity contribution in [2.45, 2.75) is 13.3 Å². The number of hydrogen-bond acceptors (Lipinski definition) is 3. The van der Waals surface area contributed by atoms with E-state index in [1.807, 2.05) is 0 Å². The number of piperazine rings is 1. The molecule has 11 heavy (non-hydrogen) atoms. The standard InChI is InChI=1S/C7H16N2.ClH.H3N/c1-2-5-9-6-3-8-4-7-9;;/h8H,2-7H2,1H3;1H;1H3. The van der Waals surface area contributed by atoms with E-state index in [2.05, 4.69) is 17.1 Å². The lowest BCUT2D eigenvalue weighted by atomic mass is 10.3. The first-order chi connectivity index (χ1) is 4.43. The van der Waals surface area contributed by atoms with Crippen LogP contribution in [-0.4, -0.2) is 37.6 Å². The lowest BCUT2D eigenvalue weighted by Gasteiger charge is -2.26. The number of rotatable bonds is 2. The summed E-state index contributed by atoms with van der Waals surface area (Å²) in [5.41, 5.74) is 0. The first kappa shape index (κ1) is 13.7. The fourth-order valence-corrected chi connectivity index (χ4v) is 1.25. The highest BCUT2D eigenvalue weighted by Gasteiger charge is 2.06. The van der Waals surface area contributed by atoms with Crippen molar-refractivity contribution in [3.63, 3.8) is 0 Å². The van der Waals surface area contributed by atoms with Crippen molar-refractivity contribution in [1.29, 1.82) is 0 Å². The van der Waals surface area contributed by atoms with Crippen LogP contribution in [0.3, 0.4) is 0 Å². The highest BCUT2D eigenvalue weighted by molar-refractivity contribution is 5.85. The first-order valence-electron chi connectivity index (χ1n) is 3.86. The zero-order valence-electron chi connectivity index (χ0n) is 7.31. The molecule has 1 fully saturated rings. The van der Waals surface area contributed by atoms with Crippen molar-refractivity contribution in [1.82, 2.24) is 16.4 Å². The average molecular weight is 182 g/mol. The number of nitrogens with one attached hydrogen (secondary N) is 1. The number of halogens is 1. The molecule has 0 aromatic carbocycles. The molecule has 0 saturated carbocycles. The van der Waals surface area contributed by atoms with Crippen LogP contribution in [0.25, 0.3) is 0 Å². The summed E-state index contributed by atoms with van der Waals surface area (Å²) in [6.45, 7) is 8.37. The summed E-state index contributed by atoms with van der Waals surface area (Å²) in [5.74, 6) is 0. The Morgan fingerprint density at radius 2 is 1.82 bits per heavy atom. The second-order valence-electron chi connectivity index (χ2n) is 2.59. The maximum atomic E-state index is 3.33. The Labute approximate surface area is 75.5 Å². The maximum absolute atomic E-state index is 3.33. The third kappa shape index (κ3) is 5.44. The summed E-state index contributed by atoms with van der Waals surface area (Å²) in [5, 5.41) is 3.33. The SMILES string of the molecule is CCCN1CCNCC1.Cl.N. The average Bonchev–Trinajstić information content (AvgIpc) is 1.91. The van der Waals surface area contributed by atoms with E-state index < -0.39 is 0 Å². The molecule has 0 atom stereocenters. The lowest BCUT2D eigenvalue weighted by Crippen LogP contribution is -2.43. The van der Waals surface area contributed by atoms with Crippen molar-refractivity contribution in [3.8, 4) is 0 Å². The molecule has 1 heterocycles. The molecule has 1 aliphatic rings. The smallest absolute Gasteiger partial charge is 0.0107 e. The van der Waals surface area contributed by atoms with Gasteiger partial charge in [0.05, 0.1) is 0 Å². The molecular formula is C7H20ClN3. The zero-order valence-corrected chi connectivity index (χ0v) is 8.12. The van der Waals surface area contributed by atoms with E-state index in [1.54, 1.807) is 0 Å². The maximum Gasteiger partial charge on any atom is 0.0107 e. The number of hydrogen-bond donors (Lipinski definition) is 2. The predicted octanol–water partition coefficient (Wildman–Crippen LogP) is 0.885. The largest absolute Gasteiger partial charge is 0.344 e. The molecule has 0 amide bonds. The minimum Gasteiger partial charge on any atom is -0.344 e. The van der Waals surface area contributed by atoms with Crippen LogP contribution in [-0.2, 0) is 0 Å². The van der Waals surface area contributed by atoms with Gasteiger partial charge in [-0.05, 0) is 13.0 Å². The van der Waals surface area contributed by atoms with E-state index in [-0.39, 0.29) is 18.6 Å². The highest BCUT2D eigenvalue weighted by atomic mass is 35.5. The van der Waals surface area contributed by atoms with Gasteiger partial charge < -0.3 is 16.4 Å². The molecule has 0 radical (unpaired) electrons. The molecule has 3 nitrogen and oxygen atoms in total. The van der Waals surface area contributed by atoms with E-state index in [0.717, 1.165) is 0 Å². The second kappa shape index (κ2) is 8.27. The summed E-state index contributed by atoms with van der Waals surface area (Å²) in [4.78, 5) is 2.51. The quantitative estimate of drug-likeness (QED) is 0.665. The molecule has 4 N–H and O–H groups in total. The summed E-state index contributed by atoms with van der Waals surface area (Å²) < 4.78 is 0. The van der Waals surface area contributed by atoms with Crippen LogP contribution in [0.2, 0.25) is 0 Å². The highest BCUT2D eigenvalue weighted by Crippen LogP contribution is 1.92. The Hall–Kier alpha value is 0.170. The monoisotopic (exact) mass is 181 g/mol. The van der Waals surface area contributed by atoms with Crippen molar-refractivity contribution in [3.05, 3.63) is 0 Å². The van der Waals surface area contributed by atoms with Crippen molar-refractivity contribution < 1.29 is 0 Å². The molecule has 1 aliphatic heterocycles. The molecule has 0 spiro atoms. The van der Waals surface area contributed by atoms with Crippen LogP contribution in [0.5, 0.6) is 0 Å². The molecule has 4 heteroatoms. The van der Waals surface area contributed by atoms with Crippen LogP contribution >= 0.6 is 12.4 Å². The topological polar surface area (TPSA) is 50.3 Å². The third-order valence-electron chi connectivity index (χ3n) is 1.75. The molecule has 0 unspecified atom stereocenters. The summed E-state index contributed by atoms with van der Waals surface area (Å²) in [7, 11) is 0. The van der Waals surface area contributed by atoms with Gasteiger partial charge >= 0.3 is 0 Å². The Morgan fingerprint density at radius 3 is 2.27 bits per heavy atom. The van der Waals surface area contributed by atoms with Gasteiger partial charge in [-0.1, -0.05) is 6.92 Å². The summed E-state index contributed by atoms with van der Waals surface area (Å²) >= 11 is 0.